The van der Waals surface area contributed by atoms with Gasteiger partial charge in [0, 0.05) is 56.3 Å². The average molecular weight is 592 g/mol. The van der Waals surface area contributed by atoms with E-state index in [9.17, 15) is 14.4 Å². The van der Waals surface area contributed by atoms with E-state index in [1.54, 1.807) is 11.8 Å². The number of carbonyl (C=O) groups excluding carboxylic acids is 3. The number of aryl methyl sites for hydroxylation is 1. The van der Waals surface area contributed by atoms with Gasteiger partial charge in [0.05, 0.1) is 18.7 Å². The molecule has 0 aliphatic carbocycles. The zero-order valence-corrected chi connectivity index (χ0v) is 25.9. The first-order valence-electron chi connectivity index (χ1n) is 15.4. The van der Waals surface area contributed by atoms with Crippen molar-refractivity contribution >= 4 is 23.9 Å². The molecule has 1 atom stereocenters. The van der Waals surface area contributed by atoms with Crippen molar-refractivity contribution in [3.05, 3.63) is 124 Å². The number of rotatable bonds is 9. The Morgan fingerprint density at radius 3 is 2.34 bits per heavy atom. The minimum atomic E-state index is -0.397. The molecule has 1 saturated heterocycles. The van der Waals surface area contributed by atoms with E-state index in [1.807, 2.05) is 85.5 Å². The summed E-state index contributed by atoms with van der Waals surface area (Å²) in [6.45, 7) is 9.95. The Morgan fingerprint density at radius 1 is 0.909 bits per heavy atom. The minimum absolute atomic E-state index is 0.00444. The first kappa shape index (κ1) is 31.0. The van der Waals surface area contributed by atoms with Gasteiger partial charge in [-0.15, -0.1) is 0 Å². The zero-order chi connectivity index (χ0) is 31.1. The van der Waals surface area contributed by atoms with Crippen LogP contribution in [0.2, 0.25) is 0 Å². The van der Waals surface area contributed by atoms with E-state index in [-0.39, 0.29) is 37.3 Å². The third kappa shape index (κ3) is 7.34. The minimum Gasteiger partial charge on any atom is -0.463 e. The summed E-state index contributed by atoms with van der Waals surface area (Å²) in [6, 6.07) is 25.7. The molecule has 0 saturated carbocycles. The lowest BCUT2D eigenvalue weighted by Crippen LogP contribution is -2.48. The standard InChI is InChI=1S/C37H41N3O4/c1-4-44-37(43)35-28(3)40(34(41)25-33(35)31-17-15-27(2)16-18-31)26-30-12-8-14-32(24-30)36(42)39-22-20-38(21-23-39)19-9-13-29-10-6-5-7-11-29/h5-18,24,33H,4,19-23,25-26H2,1-3H3/b13-9+. The van der Waals surface area contributed by atoms with Gasteiger partial charge < -0.3 is 14.5 Å². The highest BCUT2D eigenvalue weighted by Crippen LogP contribution is 2.38. The zero-order valence-electron chi connectivity index (χ0n) is 25.9. The molecule has 2 aliphatic heterocycles. The lowest BCUT2D eigenvalue weighted by Gasteiger charge is -2.35. The third-order valence-electron chi connectivity index (χ3n) is 8.45. The fourth-order valence-electron chi connectivity index (χ4n) is 5.96. The monoisotopic (exact) mass is 591 g/mol. The molecule has 0 spiro atoms. The van der Waals surface area contributed by atoms with Crippen molar-refractivity contribution in [2.24, 2.45) is 0 Å². The topological polar surface area (TPSA) is 70.2 Å². The van der Waals surface area contributed by atoms with Crippen molar-refractivity contribution in [1.29, 1.82) is 0 Å². The Balaban J connectivity index is 1.26. The van der Waals surface area contributed by atoms with E-state index in [1.165, 1.54) is 5.56 Å². The number of allylic oxidation sites excluding steroid dienone is 1. The molecule has 0 N–H and O–H groups in total. The van der Waals surface area contributed by atoms with Gasteiger partial charge in [-0.05, 0) is 49.6 Å². The predicted molar refractivity (Wildman–Crippen MR) is 173 cm³/mol. The summed E-state index contributed by atoms with van der Waals surface area (Å²) in [7, 11) is 0. The summed E-state index contributed by atoms with van der Waals surface area (Å²) in [4.78, 5) is 46.0. The second kappa shape index (κ2) is 14.3. The first-order valence-corrected chi connectivity index (χ1v) is 15.4. The van der Waals surface area contributed by atoms with Gasteiger partial charge in [0.2, 0.25) is 5.91 Å². The van der Waals surface area contributed by atoms with E-state index >= 15 is 0 Å². The normalized spacial score (nSPS) is 17.8. The van der Waals surface area contributed by atoms with Crippen molar-refractivity contribution in [1.82, 2.24) is 14.7 Å². The maximum Gasteiger partial charge on any atom is 0.336 e. The molecule has 1 fully saturated rings. The summed E-state index contributed by atoms with van der Waals surface area (Å²) >= 11 is 0. The van der Waals surface area contributed by atoms with Crippen LogP contribution in [0.1, 0.15) is 58.8 Å². The Morgan fingerprint density at radius 2 is 1.64 bits per heavy atom. The van der Waals surface area contributed by atoms with Crippen LogP contribution >= 0.6 is 0 Å². The molecule has 2 heterocycles. The van der Waals surface area contributed by atoms with E-state index in [0.717, 1.165) is 36.3 Å². The fraction of sp³-hybridized carbons (Fsp3) is 0.324. The SMILES string of the molecule is CCOC(=O)C1=C(C)N(Cc2cccc(C(=O)N3CCN(C/C=C/c4ccccc4)CC3)c2)C(=O)CC1c1ccc(C)cc1. The van der Waals surface area contributed by atoms with Crippen LogP contribution in [-0.4, -0.2) is 71.8 Å². The second-order valence-electron chi connectivity index (χ2n) is 11.5. The van der Waals surface area contributed by atoms with Gasteiger partial charge in [0.25, 0.3) is 5.91 Å². The predicted octanol–water partition coefficient (Wildman–Crippen LogP) is 5.82. The van der Waals surface area contributed by atoms with Crippen LogP contribution in [0.3, 0.4) is 0 Å². The van der Waals surface area contributed by atoms with Crippen LogP contribution in [0, 0.1) is 6.92 Å². The van der Waals surface area contributed by atoms with Crippen LogP contribution in [0.4, 0.5) is 0 Å². The fourth-order valence-corrected chi connectivity index (χ4v) is 5.96. The van der Waals surface area contributed by atoms with Gasteiger partial charge >= 0.3 is 5.97 Å². The number of hydrogen-bond donors (Lipinski definition) is 0. The Bertz CT molecular complexity index is 1540. The van der Waals surface area contributed by atoms with Crippen LogP contribution in [0.5, 0.6) is 0 Å². The average Bonchev–Trinajstić information content (AvgIpc) is 3.04. The van der Waals surface area contributed by atoms with Gasteiger partial charge in [-0.25, -0.2) is 4.79 Å². The van der Waals surface area contributed by atoms with Crippen LogP contribution < -0.4 is 0 Å². The van der Waals surface area contributed by atoms with Crippen molar-refractivity contribution in [2.75, 3.05) is 39.3 Å². The summed E-state index contributed by atoms with van der Waals surface area (Å²) in [5, 5.41) is 0. The quantitative estimate of drug-likeness (QED) is 0.294. The number of hydrogen-bond acceptors (Lipinski definition) is 5. The molecule has 0 aromatic heterocycles. The van der Waals surface area contributed by atoms with Crippen molar-refractivity contribution in [3.8, 4) is 0 Å². The Hall–Kier alpha value is -4.49. The largest absolute Gasteiger partial charge is 0.463 e. The summed E-state index contributed by atoms with van der Waals surface area (Å²) < 4.78 is 5.44. The molecule has 7 nitrogen and oxygen atoms in total. The molecule has 0 bridgehead atoms. The molecular weight excluding hydrogens is 550 g/mol. The summed E-state index contributed by atoms with van der Waals surface area (Å²) in [5.41, 5.74) is 5.77. The van der Waals surface area contributed by atoms with E-state index < -0.39 is 5.97 Å². The molecule has 3 aromatic rings. The highest BCUT2D eigenvalue weighted by atomic mass is 16.5. The van der Waals surface area contributed by atoms with Crippen molar-refractivity contribution in [3.63, 3.8) is 0 Å². The number of piperazine rings is 1. The first-order chi connectivity index (χ1) is 21.3. The van der Waals surface area contributed by atoms with E-state index in [0.29, 0.717) is 29.9 Å². The Kier molecular flexibility index (Phi) is 10.1. The third-order valence-corrected chi connectivity index (χ3v) is 8.45. The molecule has 228 valence electrons. The van der Waals surface area contributed by atoms with Crippen LogP contribution in [0.15, 0.2) is 96.2 Å². The van der Waals surface area contributed by atoms with E-state index in [2.05, 4.69) is 29.2 Å². The van der Waals surface area contributed by atoms with Crippen LogP contribution in [-0.2, 0) is 20.9 Å². The number of amides is 2. The smallest absolute Gasteiger partial charge is 0.336 e. The van der Waals surface area contributed by atoms with Gasteiger partial charge in [-0.1, -0.05) is 84.4 Å². The molecule has 0 radical (unpaired) electrons. The van der Waals surface area contributed by atoms with Crippen molar-refractivity contribution < 1.29 is 19.1 Å². The number of ether oxygens (including phenoxy) is 1. The summed E-state index contributed by atoms with van der Waals surface area (Å²) in [5.74, 6) is -0.823. The van der Waals surface area contributed by atoms with Gasteiger partial charge in [0.1, 0.15) is 0 Å². The van der Waals surface area contributed by atoms with Gasteiger partial charge in [-0.3, -0.25) is 14.5 Å². The molecule has 2 aliphatic rings. The molecule has 2 amide bonds. The maximum atomic E-state index is 13.5. The number of esters is 1. The molecule has 1 unspecified atom stereocenters. The lowest BCUT2D eigenvalue weighted by atomic mass is 9.83. The molecular formula is C37H41N3O4. The van der Waals surface area contributed by atoms with Crippen LogP contribution in [0.25, 0.3) is 6.08 Å². The number of carbonyl (C=O) groups is 3. The van der Waals surface area contributed by atoms with Gasteiger partial charge in [-0.2, -0.15) is 0 Å². The number of benzene rings is 3. The lowest BCUT2D eigenvalue weighted by molar-refractivity contribution is -0.140. The number of nitrogens with zero attached hydrogens (tertiary/aromatic N) is 3. The van der Waals surface area contributed by atoms with Gasteiger partial charge in [0.15, 0.2) is 0 Å². The molecule has 7 heteroatoms. The molecule has 3 aromatic carbocycles. The molecule has 5 rings (SSSR count). The highest BCUT2D eigenvalue weighted by molar-refractivity contribution is 5.96. The summed E-state index contributed by atoms with van der Waals surface area (Å²) in [6.07, 6.45) is 4.48. The highest BCUT2D eigenvalue weighted by Gasteiger charge is 2.37. The molecule has 44 heavy (non-hydrogen) atoms. The van der Waals surface area contributed by atoms with E-state index in [4.69, 9.17) is 4.74 Å². The van der Waals surface area contributed by atoms with Crippen molar-refractivity contribution in [2.45, 2.75) is 39.7 Å². The Labute approximate surface area is 260 Å². The maximum absolute atomic E-state index is 13.5. The second-order valence-corrected chi connectivity index (χ2v) is 11.5.